The van der Waals surface area contributed by atoms with Crippen molar-refractivity contribution in [3.63, 3.8) is 0 Å². The number of hydrogen-bond donors (Lipinski definition) is 1. The summed E-state index contributed by atoms with van der Waals surface area (Å²) in [6.07, 6.45) is 2.79. The number of carbonyl (C=O) groups excluding carboxylic acids is 1. The Morgan fingerprint density at radius 3 is 2.58 bits per heavy atom. The standard InChI is InChI=1S/C16H15Cl2N5O2S/c1-9-13-14(18)12(8-19-15(13)23(2)21-9)20-16(24)22-26(3,25)11-6-4-10(17)5-7-11/h4-8H,1-3H3,(H,20,24). The third-order valence-corrected chi connectivity index (χ3v) is 6.02. The van der Waals surface area contributed by atoms with Crippen molar-refractivity contribution < 1.29 is 9.00 Å². The van der Waals surface area contributed by atoms with Crippen LogP contribution >= 0.6 is 23.2 Å². The Hall–Kier alpha value is -2.16. The van der Waals surface area contributed by atoms with Crippen LogP contribution in [-0.4, -0.2) is 31.3 Å². The lowest BCUT2D eigenvalue weighted by Crippen LogP contribution is -2.11. The Balaban J connectivity index is 1.94. The number of aryl methyl sites for hydroxylation is 2. The van der Waals surface area contributed by atoms with Gasteiger partial charge in [0.05, 0.1) is 37.7 Å². The van der Waals surface area contributed by atoms with Gasteiger partial charge in [0.25, 0.3) is 0 Å². The highest BCUT2D eigenvalue weighted by Crippen LogP contribution is 2.31. The van der Waals surface area contributed by atoms with Crippen molar-refractivity contribution in [1.82, 2.24) is 14.8 Å². The van der Waals surface area contributed by atoms with Gasteiger partial charge in [-0.15, -0.1) is 4.36 Å². The van der Waals surface area contributed by atoms with Crippen molar-refractivity contribution in [1.29, 1.82) is 0 Å². The number of rotatable bonds is 2. The number of fused-ring (bicyclic) bond motifs is 1. The van der Waals surface area contributed by atoms with Gasteiger partial charge in [-0.1, -0.05) is 23.2 Å². The van der Waals surface area contributed by atoms with E-state index >= 15 is 0 Å². The second-order valence-electron chi connectivity index (χ2n) is 5.67. The first-order chi connectivity index (χ1) is 12.2. The van der Waals surface area contributed by atoms with Crippen molar-refractivity contribution in [3.8, 4) is 0 Å². The van der Waals surface area contributed by atoms with Gasteiger partial charge < -0.3 is 5.32 Å². The minimum absolute atomic E-state index is 0.273. The summed E-state index contributed by atoms with van der Waals surface area (Å²) in [5.41, 5.74) is 1.56. The number of halogens is 2. The summed E-state index contributed by atoms with van der Waals surface area (Å²) in [7, 11) is -1.18. The molecule has 136 valence electrons. The Morgan fingerprint density at radius 2 is 1.92 bits per heavy atom. The number of amides is 2. The molecule has 3 rings (SSSR count). The third-order valence-electron chi connectivity index (χ3n) is 3.71. The van der Waals surface area contributed by atoms with Gasteiger partial charge in [-0.25, -0.2) is 14.0 Å². The predicted octanol–water partition coefficient (Wildman–Crippen LogP) is 4.27. The quantitative estimate of drug-likeness (QED) is 0.681. The molecule has 0 aliphatic heterocycles. The summed E-state index contributed by atoms with van der Waals surface area (Å²) in [5, 5.41) is 8.24. The van der Waals surface area contributed by atoms with Gasteiger partial charge in [-0.2, -0.15) is 5.10 Å². The van der Waals surface area contributed by atoms with E-state index in [4.69, 9.17) is 23.2 Å². The average Bonchev–Trinajstić information content (AvgIpc) is 2.84. The van der Waals surface area contributed by atoms with Gasteiger partial charge in [-0.3, -0.25) is 4.68 Å². The van der Waals surface area contributed by atoms with Crippen LogP contribution < -0.4 is 5.32 Å². The molecule has 3 aromatic rings. The first kappa shape index (κ1) is 18.6. The second-order valence-corrected chi connectivity index (χ2v) is 8.74. The van der Waals surface area contributed by atoms with Crippen molar-refractivity contribution >= 4 is 55.7 Å². The Bertz CT molecular complexity index is 1130. The largest absolute Gasteiger partial charge is 0.353 e. The number of carbonyl (C=O) groups is 1. The van der Waals surface area contributed by atoms with Crippen LogP contribution in [0.2, 0.25) is 10.0 Å². The monoisotopic (exact) mass is 411 g/mol. The van der Waals surface area contributed by atoms with Crippen LogP contribution in [0.1, 0.15) is 5.69 Å². The van der Waals surface area contributed by atoms with Gasteiger partial charge in [-0.05, 0) is 31.2 Å². The highest BCUT2D eigenvalue weighted by Gasteiger charge is 2.16. The number of nitrogens with zero attached hydrogens (tertiary/aromatic N) is 4. The molecule has 26 heavy (non-hydrogen) atoms. The van der Waals surface area contributed by atoms with Crippen LogP contribution in [0.3, 0.4) is 0 Å². The molecule has 2 amide bonds. The SMILES string of the molecule is Cc1nn(C)c2ncc(NC(=O)N=S(C)(=O)c3ccc(Cl)cc3)c(Cl)c12. The molecule has 0 saturated heterocycles. The molecule has 1 atom stereocenters. The lowest BCUT2D eigenvalue weighted by molar-refractivity contribution is 0.260. The van der Waals surface area contributed by atoms with E-state index in [-0.39, 0.29) is 5.69 Å². The molecule has 10 heteroatoms. The fourth-order valence-electron chi connectivity index (χ4n) is 2.49. The van der Waals surface area contributed by atoms with Gasteiger partial charge >= 0.3 is 6.03 Å². The minimum atomic E-state index is -2.93. The van der Waals surface area contributed by atoms with Gasteiger partial charge in [0, 0.05) is 23.2 Å². The molecule has 0 spiro atoms. The van der Waals surface area contributed by atoms with Crippen molar-refractivity contribution in [2.24, 2.45) is 11.4 Å². The van der Waals surface area contributed by atoms with Crippen molar-refractivity contribution in [2.45, 2.75) is 11.8 Å². The number of hydrogen-bond acceptors (Lipinski definition) is 4. The third kappa shape index (κ3) is 3.53. The highest BCUT2D eigenvalue weighted by molar-refractivity contribution is 7.93. The van der Waals surface area contributed by atoms with E-state index in [1.165, 1.54) is 12.5 Å². The average molecular weight is 412 g/mol. The summed E-state index contributed by atoms with van der Waals surface area (Å²) < 4.78 is 18.1. The number of aromatic nitrogens is 3. The first-order valence-corrected chi connectivity index (χ1v) is 10.1. The molecule has 0 saturated carbocycles. The van der Waals surface area contributed by atoms with Crippen LogP contribution in [-0.2, 0) is 16.8 Å². The lowest BCUT2D eigenvalue weighted by atomic mass is 10.2. The zero-order valence-electron chi connectivity index (χ0n) is 14.2. The molecule has 7 nitrogen and oxygen atoms in total. The number of nitrogens with one attached hydrogen (secondary N) is 1. The molecular weight excluding hydrogens is 397 g/mol. The zero-order valence-corrected chi connectivity index (χ0v) is 16.5. The van der Waals surface area contributed by atoms with E-state index in [1.807, 2.05) is 0 Å². The maximum Gasteiger partial charge on any atom is 0.353 e. The molecule has 1 N–H and O–H groups in total. The summed E-state index contributed by atoms with van der Waals surface area (Å²) in [6, 6.07) is 5.54. The van der Waals surface area contributed by atoms with Crippen molar-refractivity contribution in [2.75, 3.05) is 11.6 Å². The molecule has 1 unspecified atom stereocenters. The van der Waals surface area contributed by atoms with Crippen LogP contribution in [0, 0.1) is 6.92 Å². The van der Waals surface area contributed by atoms with Gasteiger partial charge in [0.1, 0.15) is 0 Å². The summed E-state index contributed by atoms with van der Waals surface area (Å²) >= 11 is 12.2. The fraction of sp³-hybridized carbons (Fsp3) is 0.188. The van der Waals surface area contributed by atoms with E-state index in [0.29, 0.717) is 31.7 Å². The molecule has 1 aromatic carbocycles. The van der Waals surface area contributed by atoms with Gasteiger partial charge in [0.15, 0.2) is 5.65 Å². The molecule has 0 radical (unpaired) electrons. The molecule has 0 bridgehead atoms. The molecule has 0 aliphatic carbocycles. The van der Waals surface area contributed by atoms with E-state index in [2.05, 4.69) is 19.8 Å². The predicted molar refractivity (Wildman–Crippen MR) is 103 cm³/mol. The first-order valence-electron chi connectivity index (χ1n) is 7.45. The Kier molecular flexibility index (Phi) is 4.92. The second kappa shape index (κ2) is 6.86. The number of urea groups is 1. The van der Waals surface area contributed by atoms with Crippen molar-refractivity contribution in [3.05, 3.63) is 46.2 Å². The van der Waals surface area contributed by atoms with Gasteiger partial charge in [0.2, 0.25) is 0 Å². The smallest absolute Gasteiger partial charge is 0.303 e. The molecule has 0 aliphatic rings. The maximum absolute atomic E-state index is 12.7. The molecule has 2 aromatic heterocycles. The summed E-state index contributed by atoms with van der Waals surface area (Å²) in [5.74, 6) is 0. The summed E-state index contributed by atoms with van der Waals surface area (Å²) in [4.78, 5) is 16.9. The molecule has 0 fully saturated rings. The normalized spacial score (nSPS) is 13.4. The van der Waals surface area contributed by atoms with E-state index in [9.17, 15) is 9.00 Å². The van der Waals surface area contributed by atoms with E-state index in [0.717, 1.165) is 0 Å². The Labute approximate surface area is 160 Å². The maximum atomic E-state index is 12.7. The van der Waals surface area contributed by atoms with Crippen LogP contribution in [0.15, 0.2) is 39.7 Å². The molecular formula is C16H15Cl2N5O2S. The number of pyridine rings is 1. The highest BCUT2D eigenvalue weighted by atomic mass is 35.5. The summed E-state index contributed by atoms with van der Waals surface area (Å²) in [6.45, 7) is 1.80. The minimum Gasteiger partial charge on any atom is -0.303 e. The zero-order chi connectivity index (χ0) is 19.1. The lowest BCUT2D eigenvalue weighted by Gasteiger charge is -2.07. The number of benzene rings is 1. The topological polar surface area (TPSA) is 89.2 Å². The van der Waals surface area contributed by atoms with Crippen LogP contribution in [0.25, 0.3) is 11.0 Å². The van der Waals surface area contributed by atoms with E-state index in [1.54, 1.807) is 42.9 Å². The van der Waals surface area contributed by atoms with Crippen LogP contribution in [0.5, 0.6) is 0 Å². The van der Waals surface area contributed by atoms with E-state index < -0.39 is 15.8 Å². The molecule has 2 heterocycles. The van der Waals surface area contributed by atoms with Crippen LogP contribution in [0.4, 0.5) is 10.5 Å². The fourth-order valence-corrected chi connectivity index (χ4v) is 4.04. The number of anilines is 1. The Morgan fingerprint density at radius 1 is 1.27 bits per heavy atom.